The van der Waals surface area contributed by atoms with Gasteiger partial charge < -0.3 is 19.6 Å². The lowest BCUT2D eigenvalue weighted by atomic mass is 9.98. The number of nitrogens with zero attached hydrogens (tertiary/aromatic N) is 4. The summed E-state index contributed by atoms with van der Waals surface area (Å²) in [7, 11) is -4.80. The van der Waals surface area contributed by atoms with Crippen LogP contribution in [0.4, 0.5) is 13.6 Å². The van der Waals surface area contributed by atoms with Crippen LogP contribution in [-0.4, -0.2) is 79.3 Å². The van der Waals surface area contributed by atoms with E-state index in [4.69, 9.17) is 9.79 Å². The molecule has 0 unspecified atom stereocenters. The Morgan fingerprint density at radius 2 is 1.76 bits per heavy atom. The molecule has 2 aliphatic heterocycles. The third kappa shape index (κ3) is 7.60. The minimum absolute atomic E-state index is 0.0411. The highest BCUT2D eigenvalue weighted by Crippen LogP contribution is 2.37. The Hall–Kier alpha value is -4.62. The molecule has 3 aromatic rings. The highest BCUT2D eigenvalue weighted by Gasteiger charge is 2.51. The van der Waals surface area contributed by atoms with Crippen molar-refractivity contribution in [3.8, 4) is 5.75 Å². The maximum absolute atomic E-state index is 14.8. The summed E-state index contributed by atoms with van der Waals surface area (Å²) in [6.07, 6.45) is 0.500. The number of piperazine rings is 1. The molecule has 2 heterocycles. The fourth-order valence-electron chi connectivity index (χ4n) is 5.60. The van der Waals surface area contributed by atoms with E-state index < -0.39 is 49.5 Å². The first-order chi connectivity index (χ1) is 21.9. The number of benzene rings is 3. The number of phosphoric acid groups is 1. The number of nitrogens with one attached hydrogen (secondary N) is 1. The molecule has 0 aromatic heterocycles. The van der Waals surface area contributed by atoms with Crippen molar-refractivity contribution < 1.29 is 42.0 Å². The van der Waals surface area contributed by atoms with Crippen molar-refractivity contribution in [1.82, 2.24) is 25.1 Å². The van der Waals surface area contributed by atoms with Gasteiger partial charge in [0.2, 0.25) is 11.8 Å². The van der Waals surface area contributed by atoms with Gasteiger partial charge in [-0.3, -0.25) is 19.4 Å². The molecule has 4 amide bonds. The van der Waals surface area contributed by atoms with Crippen LogP contribution in [0.1, 0.15) is 16.7 Å². The standard InChI is InChI=1S/C31H32F2N5O7P/c1-2-14-36-20-29(39)37-27(15-21-8-12-25(13-9-21)45-46(42,43)44)30(40)35(18-23-10-11-24(32)16-26(23)33)19-28(37)38(36)31(41)34-17-22-6-4-3-5-7-22/h2-13,16,27-28H,1,14-15,17-20H2,(H,34,41)(H2,42,43,44)/t27-,28-/m0/s1. The molecule has 0 radical (unpaired) electrons. The number of carbonyl (C=O) groups is 3. The van der Waals surface area contributed by atoms with Gasteiger partial charge in [-0.05, 0) is 29.3 Å². The van der Waals surface area contributed by atoms with Gasteiger partial charge in [0, 0.05) is 37.7 Å². The lowest BCUT2D eigenvalue weighted by Crippen LogP contribution is -2.76. The van der Waals surface area contributed by atoms with Crippen molar-refractivity contribution in [1.29, 1.82) is 0 Å². The van der Waals surface area contributed by atoms with Gasteiger partial charge in [-0.1, -0.05) is 54.6 Å². The molecule has 15 heteroatoms. The van der Waals surface area contributed by atoms with E-state index in [1.54, 1.807) is 6.08 Å². The maximum Gasteiger partial charge on any atom is 0.524 e. The number of halogens is 2. The Bertz CT molecular complexity index is 1660. The minimum atomic E-state index is -4.80. The van der Waals surface area contributed by atoms with Crippen LogP contribution in [0, 0.1) is 11.6 Å². The number of hydrogen-bond acceptors (Lipinski definition) is 6. The zero-order valence-electron chi connectivity index (χ0n) is 24.5. The molecule has 2 atom stereocenters. The Balaban J connectivity index is 1.49. The highest BCUT2D eigenvalue weighted by atomic mass is 31.2. The molecule has 0 saturated carbocycles. The second-order valence-corrected chi connectivity index (χ2v) is 12.0. The molecular weight excluding hydrogens is 623 g/mol. The SMILES string of the molecule is C=CCN1CC(=O)N2[C@@H](Cc3ccc(OP(=O)(O)O)cc3)C(=O)N(Cc3ccc(F)cc3F)C[C@@H]2N1C(=O)NCc1ccccc1. The number of hydrazine groups is 1. The van der Waals surface area contributed by atoms with E-state index >= 15 is 0 Å². The average Bonchev–Trinajstić information content (AvgIpc) is 3.00. The van der Waals surface area contributed by atoms with Crippen LogP contribution in [0.3, 0.4) is 0 Å². The summed E-state index contributed by atoms with van der Waals surface area (Å²) in [5.74, 6) is -2.68. The Labute approximate surface area is 263 Å². The molecule has 3 aromatic carbocycles. The zero-order chi connectivity index (χ0) is 33.0. The highest BCUT2D eigenvalue weighted by molar-refractivity contribution is 7.46. The van der Waals surface area contributed by atoms with Crippen molar-refractivity contribution in [3.05, 3.63) is 114 Å². The minimum Gasteiger partial charge on any atom is -0.404 e. The molecule has 12 nitrogen and oxygen atoms in total. The average molecular weight is 656 g/mol. The van der Waals surface area contributed by atoms with Gasteiger partial charge in [-0.2, -0.15) is 0 Å². The van der Waals surface area contributed by atoms with Crippen molar-refractivity contribution >= 4 is 25.7 Å². The monoisotopic (exact) mass is 655 g/mol. The Kier molecular flexibility index (Phi) is 9.82. The van der Waals surface area contributed by atoms with E-state index in [2.05, 4.69) is 16.4 Å². The van der Waals surface area contributed by atoms with E-state index in [0.29, 0.717) is 11.6 Å². The summed E-state index contributed by atoms with van der Waals surface area (Å²) in [6.45, 7) is 3.43. The summed E-state index contributed by atoms with van der Waals surface area (Å²) in [5.41, 5.74) is 1.41. The number of carbonyl (C=O) groups excluding carboxylic acids is 3. The molecule has 2 fully saturated rings. The van der Waals surface area contributed by atoms with E-state index in [1.807, 2.05) is 30.3 Å². The second kappa shape index (κ2) is 13.8. The Morgan fingerprint density at radius 3 is 2.41 bits per heavy atom. The summed E-state index contributed by atoms with van der Waals surface area (Å²) in [5, 5.41) is 5.77. The van der Waals surface area contributed by atoms with E-state index in [1.165, 1.54) is 50.1 Å². The van der Waals surface area contributed by atoms with Gasteiger partial charge in [-0.15, -0.1) is 6.58 Å². The van der Waals surface area contributed by atoms with Crippen LogP contribution >= 0.6 is 7.82 Å². The van der Waals surface area contributed by atoms with Crippen LogP contribution in [0.25, 0.3) is 0 Å². The van der Waals surface area contributed by atoms with Crippen molar-refractivity contribution in [3.63, 3.8) is 0 Å². The van der Waals surface area contributed by atoms with Crippen molar-refractivity contribution in [2.45, 2.75) is 31.7 Å². The maximum atomic E-state index is 14.8. The van der Waals surface area contributed by atoms with Crippen LogP contribution in [0.15, 0.2) is 85.5 Å². The number of rotatable bonds is 10. The van der Waals surface area contributed by atoms with Gasteiger partial charge in [0.15, 0.2) is 0 Å². The molecule has 0 aliphatic carbocycles. The number of urea groups is 1. The lowest BCUT2D eigenvalue weighted by molar-refractivity contribution is -0.189. The smallest absolute Gasteiger partial charge is 0.404 e. The first-order valence-corrected chi connectivity index (χ1v) is 15.8. The fraction of sp³-hybridized carbons (Fsp3) is 0.258. The first kappa shape index (κ1) is 32.8. The number of amides is 4. The molecule has 2 aliphatic rings. The third-order valence-corrected chi connectivity index (χ3v) is 8.07. The van der Waals surface area contributed by atoms with E-state index in [0.717, 1.165) is 11.6 Å². The number of fused-ring (bicyclic) bond motifs is 1. The number of phosphoric ester groups is 1. The zero-order valence-corrected chi connectivity index (χ0v) is 25.4. The lowest BCUT2D eigenvalue weighted by Gasteiger charge is -2.55. The molecule has 46 heavy (non-hydrogen) atoms. The van der Waals surface area contributed by atoms with Crippen molar-refractivity contribution in [2.24, 2.45) is 0 Å². The summed E-state index contributed by atoms with van der Waals surface area (Å²) >= 11 is 0. The molecule has 5 rings (SSSR count). The Morgan fingerprint density at radius 1 is 1.04 bits per heavy atom. The van der Waals surface area contributed by atoms with Gasteiger partial charge in [0.25, 0.3) is 0 Å². The molecule has 2 saturated heterocycles. The molecule has 0 bridgehead atoms. The summed E-state index contributed by atoms with van der Waals surface area (Å²) < 4.78 is 44.3. The largest absolute Gasteiger partial charge is 0.524 e. The predicted molar refractivity (Wildman–Crippen MR) is 161 cm³/mol. The van der Waals surface area contributed by atoms with Crippen LogP contribution in [0.2, 0.25) is 0 Å². The molecule has 242 valence electrons. The fourth-order valence-corrected chi connectivity index (χ4v) is 6.00. The van der Waals surface area contributed by atoms with E-state index in [-0.39, 0.29) is 50.5 Å². The molecule has 0 spiro atoms. The predicted octanol–water partition coefficient (Wildman–Crippen LogP) is 3.17. The van der Waals surface area contributed by atoms with Gasteiger partial charge >= 0.3 is 13.9 Å². The normalized spacial score (nSPS) is 18.7. The molecule has 3 N–H and O–H groups in total. The third-order valence-electron chi connectivity index (χ3n) is 7.62. The second-order valence-electron chi connectivity index (χ2n) is 10.8. The van der Waals surface area contributed by atoms with Gasteiger partial charge in [0.05, 0.1) is 13.1 Å². The van der Waals surface area contributed by atoms with Crippen molar-refractivity contribution in [2.75, 3.05) is 19.6 Å². The van der Waals surface area contributed by atoms with Crippen LogP contribution < -0.4 is 9.84 Å². The summed E-state index contributed by atoms with van der Waals surface area (Å²) in [4.78, 5) is 62.4. The summed E-state index contributed by atoms with van der Waals surface area (Å²) in [6, 6.07) is 16.2. The number of hydrogen-bond donors (Lipinski definition) is 3. The topological polar surface area (TPSA) is 143 Å². The molecular formula is C31H32F2N5O7P. The van der Waals surface area contributed by atoms with Gasteiger partial charge in [0.1, 0.15) is 29.6 Å². The van der Waals surface area contributed by atoms with Gasteiger partial charge in [-0.25, -0.2) is 28.2 Å². The van der Waals surface area contributed by atoms with E-state index in [9.17, 15) is 27.7 Å². The van der Waals surface area contributed by atoms with Crippen LogP contribution in [0.5, 0.6) is 5.75 Å². The quantitative estimate of drug-likeness (QED) is 0.223. The van der Waals surface area contributed by atoms with Crippen LogP contribution in [-0.2, 0) is 33.7 Å². The first-order valence-electron chi connectivity index (χ1n) is 14.3.